The molecule has 0 atom stereocenters. The van der Waals surface area contributed by atoms with Crippen molar-refractivity contribution in [2.24, 2.45) is 5.41 Å². The summed E-state index contributed by atoms with van der Waals surface area (Å²) in [5, 5.41) is 9.36. The zero-order valence-electron chi connectivity index (χ0n) is 12.2. The lowest BCUT2D eigenvalue weighted by atomic mass is 9.94. The second-order valence-corrected chi connectivity index (χ2v) is 6.22. The molecule has 0 radical (unpaired) electrons. The van der Waals surface area contributed by atoms with Crippen LogP contribution in [0.5, 0.6) is 0 Å². The molecule has 4 nitrogen and oxygen atoms in total. The Balaban J connectivity index is 1.91. The summed E-state index contributed by atoms with van der Waals surface area (Å²) in [4.78, 5) is 14.0. The SMILES string of the molecule is CC(C)(CO)CN(C(=O)OCc1ccccc1)C1CC1. The highest BCUT2D eigenvalue weighted by Crippen LogP contribution is 2.30. The van der Waals surface area contributed by atoms with Crippen LogP contribution in [0.25, 0.3) is 0 Å². The summed E-state index contributed by atoms with van der Waals surface area (Å²) in [5.74, 6) is 0. The predicted molar refractivity (Wildman–Crippen MR) is 77.2 cm³/mol. The largest absolute Gasteiger partial charge is 0.445 e. The second kappa shape index (κ2) is 6.27. The van der Waals surface area contributed by atoms with E-state index in [0.29, 0.717) is 13.2 Å². The molecule has 1 N–H and O–H groups in total. The van der Waals surface area contributed by atoms with Crippen LogP contribution in [0.15, 0.2) is 30.3 Å². The van der Waals surface area contributed by atoms with Gasteiger partial charge in [0.2, 0.25) is 0 Å². The van der Waals surface area contributed by atoms with Crippen LogP contribution in [0, 0.1) is 5.41 Å². The third-order valence-corrected chi connectivity index (χ3v) is 3.45. The number of carbonyl (C=O) groups is 1. The molecular formula is C16H23NO3. The number of amides is 1. The van der Waals surface area contributed by atoms with Gasteiger partial charge in [-0.3, -0.25) is 0 Å². The molecule has 0 aliphatic heterocycles. The van der Waals surface area contributed by atoms with Gasteiger partial charge in [-0.15, -0.1) is 0 Å². The van der Waals surface area contributed by atoms with Gasteiger partial charge in [0.05, 0.1) is 0 Å². The van der Waals surface area contributed by atoms with Crippen molar-refractivity contribution in [1.29, 1.82) is 0 Å². The lowest BCUT2D eigenvalue weighted by Gasteiger charge is -2.30. The average Bonchev–Trinajstić information content (AvgIpc) is 3.28. The summed E-state index contributed by atoms with van der Waals surface area (Å²) in [5.41, 5.74) is 0.687. The molecule has 1 fully saturated rings. The monoisotopic (exact) mass is 277 g/mol. The predicted octanol–water partition coefficient (Wildman–Crippen LogP) is 2.81. The van der Waals surface area contributed by atoms with E-state index in [2.05, 4.69) is 0 Å². The first kappa shape index (κ1) is 14.9. The fourth-order valence-electron chi connectivity index (χ4n) is 2.04. The van der Waals surface area contributed by atoms with E-state index in [-0.39, 0.29) is 24.2 Å². The minimum atomic E-state index is -0.297. The first-order valence-electron chi connectivity index (χ1n) is 7.10. The third-order valence-electron chi connectivity index (χ3n) is 3.45. The van der Waals surface area contributed by atoms with Gasteiger partial charge >= 0.3 is 6.09 Å². The van der Waals surface area contributed by atoms with Crippen LogP contribution in [0.4, 0.5) is 4.79 Å². The fraction of sp³-hybridized carbons (Fsp3) is 0.562. The molecule has 1 aromatic carbocycles. The van der Waals surface area contributed by atoms with E-state index in [1.165, 1.54) is 0 Å². The highest BCUT2D eigenvalue weighted by molar-refractivity contribution is 5.68. The van der Waals surface area contributed by atoms with Crippen LogP contribution in [-0.4, -0.2) is 35.3 Å². The highest BCUT2D eigenvalue weighted by atomic mass is 16.6. The number of hydrogen-bond donors (Lipinski definition) is 1. The molecule has 0 bridgehead atoms. The molecule has 4 heteroatoms. The molecule has 1 aliphatic rings. The van der Waals surface area contributed by atoms with E-state index in [1.54, 1.807) is 4.90 Å². The van der Waals surface area contributed by atoms with Crippen molar-refractivity contribution in [2.45, 2.75) is 39.3 Å². The van der Waals surface area contributed by atoms with Crippen LogP contribution in [-0.2, 0) is 11.3 Å². The summed E-state index contributed by atoms with van der Waals surface area (Å²) in [7, 11) is 0. The van der Waals surface area contributed by atoms with Crippen LogP contribution in [0.2, 0.25) is 0 Å². The Kier molecular flexibility index (Phi) is 4.65. The summed E-state index contributed by atoms with van der Waals surface area (Å²) >= 11 is 0. The van der Waals surface area contributed by atoms with Crippen LogP contribution in [0.1, 0.15) is 32.3 Å². The maximum atomic E-state index is 12.2. The van der Waals surface area contributed by atoms with Gasteiger partial charge in [-0.05, 0) is 18.4 Å². The summed E-state index contributed by atoms with van der Waals surface area (Å²) in [6.07, 6.45) is 1.78. The maximum absolute atomic E-state index is 12.2. The smallest absolute Gasteiger partial charge is 0.410 e. The molecule has 0 saturated heterocycles. The molecule has 0 unspecified atom stereocenters. The van der Waals surface area contributed by atoms with Gasteiger partial charge in [0.1, 0.15) is 6.61 Å². The van der Waals surface area contributed by atoms with Crippen LogP contribution < -0.4 is 0 Å². The Hall–Kier alpha value is -1.55. The van der Waals surface area contributed by atoms with E-state index >= 15 is 0 Å². The standard InChI is InChI=1S/C16H23NO3/c1-16(2,12-18)11-17(14-8-9-14)15(19)20-10-13-6-4-3-5-7-13/h3-7,14,18H,8-12H2,1-2H3. The van der Waals surface area contributed by atoms with E-state index in [9.17, 15) is 9.90 Å². The Morgan fingerprint density at radius 3 is 2.55 bits per heavy atom. The maximum Gasteiger partial charge on any atom is 0.410 e. The number of carbonyl (C=O) groups excluding carboxylic acids is 1. The lowest BCUT2D eigenvalue weighted by Crippen LogP contribution is -2.42. The number of ether oxygens (including phenoxy) is 1. The van der Waals surface area contributed by atoms with Gasteiger partial charge in [0, 0.05) is 24.6 Å². The molecular weight excluding hydrogens is 254 g/mol. The van der Waals surface area contributed by atoms with Gasteiger partial charge in [-0.2, -0.15) is 0 Å². The first-order valence-corrected chi connectivity index (χ1v) is 7.10. The number of aliphatic hydroxyl groups is 1. The minimum absolute atomic E-state index is 0.0577. The molecule has 1 amide bonds. The number of benzene rings is 1. The number of hydrogen-bond acceptors (Lipinski definition) is 3. The molecule has 110 valence electrons. The Morgan fingerprint density at radius 2 is 2.00 bits per heavy atom. The van der Waals surface area contributed by atoms with Crippen molar-refractivity contribution >= 4 is 6.09 Å². The molecule has 0 heterocycles. The Morgan fingerprint density at radius 1 is 1.35 bits per heavy atom. The van der Waals surface area contributed by atoms with Gasteiger partial charge in [-0.25, -0.2) is 4.79 Å². The first-order chi connectivity index (χ1) is 9.52. The third kappa shape index (κ3) is 4.23. The van der Waals surface area contributed by atoms with Crippen LogP contribution in [0.3, 0.4) is 0 Å². The normalized spacial score (nSPS) is 14.9. The van der Waals surface area contributed by atoms with Crippen molar-refractivity contribution < 1.29 is 14.6 Å². The number of rotatable bonds is 6. The van der Waals surface area contributed by atoms with E-state index in [1.807, 2.05) is 44.2 Å². The minimum Gasteiger partial charge on any atom is -0.445 e. The number of nitrogens with zero attached hydrogens (tertiary/aromatic N) is 1. The van der Waals surface area contributed by atoms with Gasteiger partial charge in [0.25, 0.3) is 0 Å². The Labute approximate surface area is 120 Å². The van der Waals surface area contributed by atoms with Crippen molar-refractivity contribution in [1.82, 2.24) is 4.90 Å². The van der Waals surface area contributed by atoms with Crippen molar-refractivity contribution in [3.63, 3.8) is 0 Å². The molecule has 1 aromatic rings. The molecule has 1 aliphatic carbocycles. The van der Waals surface area contributed by atoms with Gasteiger partial charge in [-0.1, -0.05) is 44.2 Å². The van der Waals surface area contributed by atoms with E-state index < -0.39 is 0 Å². The molecule has 0 aromatic heterocycles. The quantitative estimate of drug-likeness (QED) is 0.870. The van der Waals surface area contributed by atoms with E-state index in [4.69, 9.17) is 4.74 Å². The molecule has 2 rings (SSSR count). The summed E-state index contributed by atoms with van der Waals surface area (Å²) in [6, 6.07) is 9.95. The average molecular weight is 277 g/mol. The zero-order valence-corrected chi connectivity index (χ0v) is 12.2. The molecule has 0 spiro atoms. The summed E-state index contributed by atoms with van der Waals surface area (Å²) in [6.45, 7) is 4.78. The number of aliphatic hydroxyl groups excluding tert-OH is 1. The van der Waals surface area contributed by atoms with Crippen molar-refractivity contribution in [3.8, 4) is 0 Å². The van der Waals surface area contributed by atoms with Gasteiger partial charge in [0.15, 0.2) is 0 Å². The van der Waals surface area contributed by atoms with Crippen molar-refractivity contribution in [2.75, 3.05) is 13.2 Å². The molecule has 20 heavy (non-hydrogen) atoms. The topological polar surface area (TPSA) is 49.8 Å². The summed E-state index contributed by atoms with van der Waals surface area (Å²) < 4.78 is 5.39. The van der Waals surface area contributed by atoms with E-state index in [0.717, 1.165) is 18.4 Å². The van der Waals surface area contributed by atoms with Crippen molar-refractivity contribution in [3.05, 3.63) is 35.9 Å². The molecule has 1 saturated carbocycles. The fourth-order valence-corrected chi connectivity index (χ4v) is 2.04. The lowest BCUT2D eigenvalue weighted by molar-refractivity contribution is 0.0619. The second-order valence-electron chi connectivity index (χ2n) is 6.22. The van der Waals surface area contributed by atoms with Gasteiger partial charge < -0.3 is 14.7 Å². The Bertz CT molecular complexity index is 440. The van der Waals surface area contributed by atoms with Crippen LogP contribution >= 0.6 is 0 Å². The highest BCUT2D eigenvalue weighted by Gasteiger charge is 2.36. The zero-order chi connectivity index (χ0) is 14.6.